The van der Waals surface area contributed by atoms with Gasteiger partial charge in [0.25, 0.3) is 5.56 Å². The number of H-pyrrole nitrogens is 1. The summed E-state index contributed by atoms with van der Waals surface area (Å²) in [5.74, 6) is 0.361. The lowest BCUT2D eigenvalue weighted by molar-refractivity contribution is -0.0353. The highest BCUT2D eigenvalue weighted by molar-refractivity contribution is 7.22. The molecule has 0 aromatic carbocycles. The normalized spacial score (nSPS) is 19.0. The van der Waals surface area contributed by atoms with E-state index in [0.717, 1.165) is 22.4 Å². The van der Waals surface area contributed by atoms with E-state index in [4.69, 9.17) is 9.72 Å². The Hall–Kier alpha value is -3.21. The third-order valence-corrected chi connectivity index (χ3v) is 7.78. The lowest BCUT2D eigenvalue weighted by atomic mass is 9.67. The van der Waals surface area contributed by atoms with Crippen LogP contribution >= 0.6 is 11.3 Å². The molecular weight excluding hydrogens is 482 g/mol. The van der Waals surface area contributed by atoms with Crippen molar-refractivity contribution < 1.29 is 19.4 Å². The molecule has 4 heterocycles. The summed E-state index contributed by atoms with van der Waals surface area (Å²) in [6.07, 6.45) is 2.14. The highest BCUT2D eigenvalue weighted by Crippen LogP contribution is 2.49. The number of likely N-dealkylation sites (tertiary alicyclic amines) is 1. The number of hydrogen-bond donors (Lipinski definition) is 2. The number of nitrogens with zero attached hydrogens (tertiary/aromatic N) is 4. The van der Waals surface area contributed by atoms with Gasteiger partial charge in [0, 0.05) is 23.2 Å². The molecule has 1 saturated heterocycles. The number of aromatic amines is 1. The predicted molar refractivity (Wildman–Crippen MR) is 138 cm³/mol. The second-order valence-corrected chi connectivity index (χ2v) is 12.3. The minimum atomic E-state index is -1.02. The van der Waals surface area contributed by atoms with E-state index in [1.54, 1.807) is 40.0 Å². The lowest BCUT2D eigenvalue weighted by Gasteiger charge is -2.52. The van der Waals surface area contributed by atoms with Gasteiger partial charge in [-0.1, -0.05) is 20.8 Å². The molecule has 0 bridgehead atoms. The molecule has 36 heavy (non-hydrogen) atoms. The topological polar surface area (TPSA) is 130 Å². The van der Waals surface area contributed by atoms with Crippen LogP contribution in [-0.4, -0.2) is 54.1 Å². The zero-order valence-electron chi connectivity index (χ0n) is 21.8. The molecule has 0 aliphatic carbocycles. The first kappa shape index (κ1) is 25.9. The summed E-state index contributed by atoms with van der Waals surface area (Å²) in [6, 6.07) is 1.80. The summed E-state index contributed by atoms with van der Waals surface area (Å²) in [5, 5.41) is 14.3. The Kier molecular flexibility index (Phi) is 6.27. The second kappa shape index (κ2) is 8.72. The Morgan fingerprint density at radius 2 is 1.89 bits per heavy atom. The van der Waals surface area contributed by atoms with Crippen molar-refractivity contribution in [3.63, 3.8) is 0 Å². The standard InChI is InChI=1S/C25H33N5O5S/c1-14-15(13-30(28-14)22(34)35-24(5,6)7)17-12-16-18(36-17)19(31)27-20(26-16)25(23(2,3)4)10-8-9-11-29(25)21(32)33/h12-13H,8-11H2,1-7H3,(H,32,33)(H,26,27,31)/t25-/m1/s1. The Morgan fingerprint density at radius 3 is 2.50 bits per heavy atom. The van der Waals surface area contributed by atoms with Crippen molar-refractivity contribution >= 4 is 33.7 Å². The molecule has 2 N–H and O–H groups in total. The number of nitrogens with one attached hydrogen (secondary N) is 1. The van der Waals surface area contributed by atoms with Crippen molar-refractivity contribution in [3.8, 4) is 10.4 Å². The van der Waals surface area contributed by atoms with Crippen LogP contribution in [0.3, 0.4) is 0 Å². The number of carbonyl (C=O) groups is 2. The average molecular weight is 516 g/mol. The molecule has 1 aliphatic rings. The molecule has 11 heteroatoms. The minimum absolute atomic E-state index is 0.317. The number of aromatic nitrogens is 4. The fourth-order valence-corrected chi connectivity index (χ4v) is 6.04. The molecule has 10 nitrogen and oxygen atoms in total. The highest BCUT2D eigenvalue weighted by Gasteiger charge is 2.53. The van der Waals surface area contributed by atoms with Crippen molar-refractivity contribution in [1.29, 1.82) is 0 Å². The number of ether oxygens (including phenoxy) is 1. The van der Waals surface area contributed by atoms with E-state index >= 15 is 0 Å². The lowest BCUT2D eigenvalue weighted by Crippen LogP contribution is -2.59. The number of thiophene rings is 1. The van der Waals surface area contributed by atoms with Crippen molar-refractivity contribution in [2.45, 2.75) is 78.9 Å². The van der Waals surface area contributed by atoms with Gasteiger partial charge in [-0.3, -0.25) is 9.69 Å². The van der Waals surface area contributed by atoms with Gasteiger partial charge in [0.05, 0.1) is 11.2 Å². The largest absolute Gasteiger partial charge is 0.465 e. The van der Waals surface area contributed by atoms with Crippen LogP contribution in [-0.2, 0) is 10.3 Å². The molecule has 1 amide bonds. The first-order chi connectivity index (χ1) is 16.6. The van der Waals surface area contributed by atoms with Crippen molar-refractivity contribution in [2.75, 3.05) is 6.54 Å². The molecule has 0 unspecified atom stereocenters. The van der Waals surface area contributed by atoms with Gasteiger partial charge in [-0.15, -0.1) is 11.3 Å². The number of fused-ring (bicyclic) bond motifs is 1. The van der Waals surface area contributed by atoms with Gasteiger partial charge in [-0.25, -0.2) is 14.6 Å². The van der Waals surface area contributed by atoms with Crippen LogP contribution in [0.5, 0.6) is 0 Å². The van der Waals surface area contributed by atoms with Crippen LogP contribution in [0.4, 0.5) is 9.59 Å². The summed E-state index contributed by atoms with van der Waals surface area (Å²) in [4.78, 5) is 47.9. The van der Waals surface area contributed by atoms with E-state index in [1.807, 2.05) is 20.8 Å². The molecular formula is C25H33N5O5S. The molecule has 194 valence electrons. The predicted octanol–water partition coefficient (Wildman–Crippen LogP) is 5.35. The van der Waals surface area contributed by atoms with Crippen LogP contribution in [0.2, 0.25) is 0 Å². The first-order valence-electron chi connectivity index (χ1n) is 12.0. The van der Waals surface area contributed by atoms with Crippen LogP contribution in [0.15, 0.2) is 17.1 Å². The second-order valence-electron chi connectivity index (χ2n) is 11.3. The number of rotatable bonds is 2. The smallest absolute Gasteiger partial charge is 0.435 e. The van der Waals surface area contributed by atoms with Gasteiger partial charge in [0.15, 0.2) is 0 Å². The maximum Gasteiger partial charge on any atom is 0.435 e. The maximum absolute atomic E-state index is 13.2. The third-order valence-electron chi connectivity index (χ3n) is 6.62. The summed E-state index contributed by atoms with van der Waals surface area (Å²) < 4.78 is 6.99. The van der Waals surface area contributed by atoms with Crippen LogP contribution in [0.25, 0.3) is 20.7 Å². The van der Waals surface area contributed by atoms with E-state index in [2.05, 4.69) is 10.1 Å². The van der Waals surface area contributed by atoms with Crippen LogP contribution in [0.1, 0.15) is 72.3 Å². The molecule has 0 spiro atoms. The summed E-state index contributed by atoms with van der Waals surface area (Å²) in [6.45, 7) is 13.4. The summed E-state index contributed by atoms with van der Waals surface area (Å²) >= 11 is 1.26. The molecule has 1 aliphatic heterocycles. The fraction of sp³-hybridized carbons (Fsp3) is 0.560. The number of carbonyl (C=O) groups excluding carboxylic acids is 1. The zero-order chi connectivity index (χ0) is 26.6. The minimum Gasteiger partial charge on any atom is -0.465 e. The Bertz CT molecular complexity index is 1390. The summed E-state index contributed by atoms with van der Waals surface area (Å²) in [7, 11) is 0. The maximum atomic E-state index is 13.2. The molecule has 0 saturated carbocycles. The molecule has 1 atom stereocenters. The van der Waals surface area contributed by atoms with Crippen molar-refractivity contribution in [3.05, 3.63) is 34.1 Å². The fourth-order valence-electron chi connectivity index (χ4n) is 4.99. The number of piperidine rings is 1. The number of amides is 1. The van der Waals surface area contributed by atoms with Crippen molar-refractivity contribution in [2.24, 2.45) is 5.41 Å². The van der Waals surface area contributed by atoms with E-state index in [1.165, 1.54) is 16.2 Å². The molecule has 3 aromatic heterocycles. The number of aryl methyl sites for hydroxylation is 1. The van der Waals surface area contributed by atoms with Crippen LogP contribution in [0, 0.1) is 12.3 Å². The van der Waals surface area contributed by atoms with Gasteiger partial charge in [0.1, 0.15) is 21.7 Å². The Balaban J connectivity index is 1.82. The van der Waals surface area contributed by atoms with E-state index in [0.29, 0.717) is 40.3 Å². The molecule has 1 fully saturated rings. The van der Waals surface area contributed by atoms with E-state index < -0.39 is 28.7 Å². The van der Waals surface area contributed by atoms with Gasteiger partial charge in [-0.2, -0.15) is 9.78 Å². The van der Waals surface area contributed by atoms with Gasteiger partial charge < -0.3 is 14.8 Å². The monoisotopic (exact) mass is 515 g/mol. The molecule has 3 aromatic rings. The Morgan fingerprint density at radius 1 is 1.19 bits per heavy atom. The van der Waals surface area contributed by atoms with E-state index in [9.17, 15) is 19.5 Å². The molecule has 4 rings (SSSR count). The highest BCUT2D eigenvalue weighted by atomic mass is 32.1. The van der Waals surface area contributed by atoms with Crippen molar-refractivity contribution in [1.82, 2.24) is 24.6 Å². The SMILES string of the molecule is Cc1nn(C(=O)OC(C)(C)C)cc1-c1cc2nc([C@@]3(C(C)(C)C)CCCCN3C(=O)O)[nH]c(=O)c2s1. The summed E-state index contributed by atoms with van der Waals surface area (Å²) in [5.41, 5.74) is -0.669. The first-order valence-corrected chi connectivity index (χ1v) is 12.8. The third kappa shape index (κ3) is 4.40. The van der Waals surface area contributed by atoms with Gasteiger partial charge in [0.2, 0.25) is 0 Å². The van der Waals surface area contributed by atoms with E-state index in [-0.39, 0.29) is 5.56 Å². The number of carboxylic acid groups (broad SMARTS) is 1. The van der Waals surface area contributed by atoms with Gasteiger partial charge in [-0.05, 0) is 58.4 Å². The molecule has 0 radical (unpaired) electrons. The Labute approximate surface area is 213 Å². The average Bonchev–Trinajstić information content (AvgIpc) is 3.35. The van der Waals surface area contributed by atoms with Crippen LogP contribution < -0.4 is 5.56 Å². The quantitative estimate of drug-likeness (QED) is 0.471. The van der Waals surface area contributed by atoms with Gasteiger partial charge >= 0.3 is 12.2 Å². The zero-order valence-corrected chi connectivity index (χ0v) is 22.6. The number of hydrogen-bond acceptors (Lipinski definition) is 7.